The van der Waals surface area contributed by atoms with Crippen LogP contribution in [0.1, 0.15) is 21.7 Å². The third-order valence-electron chi connectivity index (χ3n) is 5.90. The van der Waals surface area contributed by atoms with Crippen molar-refractivity contribution in [1.82, 2.24) is 14.3 Å². The van der Waals surface area contributed by atoms with Crippen LogP contribution in [0.25, 0.3) is 22.2 Å². The molecule has 0 aliphatic carbocycles. The first-order valence-corrected chi connectivity index (χ1v) is 13.3. The predicted molar refractivity (Wildman–Crippen MR) is 141 cm³/mol. The average molecular weight is 516 g/mol. The number of fused-ring (bicyclic) bond motifs is 1. The lowest BCUT2D eigenvalue weighted by Gasteiger charge is -2.10. The molecule has 0 saturated carbocycles. The zero-order valence-corrected chi connectivity index (χ0v) is 20.7. The van der Waals surface area contributed by atoms with E-state index in [-0.39, 0.29) is 16.3 Å². The van der Waals surface area contributed by atoms with Crippen LogP contribution >= 0.6 is 11.6 Å². The van der Waals surface area contributed by atoms with Crippen LogP contribution in [-0.2, 0) is 22.4 Å². The molecule has 0 aliphatic rings. The first kappa shape index (κ1) is 23.8. The van der Waals surface area contributed by atoms with Gasteiger partial charge in [-0.25, -0.2) is 18.1 Å². The summed E-state index contributed by atoms with van der Waals surface area (Å²) in [4.78, 5) is 17.6. The van der Waals surface area contributed by atoms with Crippen LogP contribution in [0.15, 0.2) is 108 Å². The Bertz CT molecular complexity index is 1630. The number of benzene rings is 4. The van der Waals surface area contributed by atoms with Gasteiger partial charge in [0.2, 0.25) is 0 Å². The molecular weight excluding hydrogens is 494 g/mol. The molecule has 6 nitrogen and oxygen atoms in total. The number of aromatic nitrogens is 2. The van der Waals surface area contributed by atoms with E-state index in [1.165, 1.54) is 12.1 Å². The number of imidazole rings is 1. The van der Waals surface area contributed by atoms with E-state index in [9.17, 15) is 13.2 Å². The number of para-hydroxylation sites is 1. The number of halogens is 1. The van der Waals surface area contributed by atoms with E-state index >= 15 is 0 Å². The largest absolute Gasteiger partial charge is 0.322 e. The summed E-state index contributed by atoms with van der Waals surface area (Å²) in [5.74, 6) is -0.0208. The number of nitrogens with one attached hydrogen (secondary N) is 1. The lowest BCUT2D eigenvalue weighted by molar-refractivity contribution is 0.0983. The van der Waals surface area contributed by atoms with E-state index < -0.39 is 15.9 Å². The summed E-state index contributed by atoms with van der Waals surface area (Å²) in [6.45, 7) is 0.501. The van der Waals surface area contributed by atoms with Crippen molar-refractivity contribution < 1.29 is 13.2 Å². The van der Waals surface area contributed by atoms with E-state index in [0.29, 0.717) is 23.4 Å². The maximum Gasteiger partial charge on any atom is 0.267 e. The van der Waals surface area contributed by atoms with Crippen molar-refractivity contribution in [3.8, 4) is 11.1 Å². The number of nitrogens with zero attached hydrogens (tertiary/aromatic N) is 2. The standard InChI is InChI=1S/C28H22ClN3O3S/c29-18-26-30-27-24(28(33)31-36(34,35)23-10-5-2-6-11-23)12-7-13-25(27)32(26)19-20-14-16-22(17-15-20)21-8-3-1-4-9-21/h1-17H,18-19H2,(H,31,33). The maximum atomic E-state index is 13.0. The normalized spacial score (nSPS) is 11.5. The van der Waals surface area contributed by atoms with Gasteiger partial charge in [-0.2, -0.15) is 0 Å². The Morgan fingerprint density at radius 1 is 0.806 bits per heavy atom. The van der Waals surface area contributed by atoms with Crippen molar-refractivity contribution in [1.29, 1.82) is 0 Å². The van der Waals surface area contributed by atoms with Crippen molar-refractivity contribution in [3.05, 3.63) is 120 Å². The average Bonchev–Trinajstić information content (AvgIpc) is 3.27. The Hall–Kier alpha value is -3.94. The molecule has 0 aliphatic heterocycles. The zero-order valence-electron chi connectivity index (χ0n) is 19.1. The summed E-state index contributed by atoms with van der Waals surface area (Å²) in [5.41, 5.74) is 4.56. The first-order valence-electron chi connectivity index (χ1n) is 11.3. The number of hydrogen-bond donors (Lipinski definition) is 1. The van der Waals surface area contributed by atoms with Gasteiger partial charge in [0.25, 0.3) is 15.9 Å². The van der Waals surface area contributed by atoms with Gasteiger partial charge < -0.3 is 4.57 Å². The molecule has 1 heterocycles. The highest BCUT2D eigenvalue weighted by Crippen LogP contribution is 2.25. The summed E-state index contributed by atoms with van der Waals surface area (Å²) in [6.07, 6.45) is 0. The van der Waals surface area contributed by atoms with Gasteiger partial charge in [-0.1, -0.05) is 78.9 Å². The smallest absolute Gasteiger partial charge is 0.267 e. The Labute approximate surface area is 214 Å². The van der Waals surface area contributed by atoms with E-state index in [4.69, 9.17) is 11.6 Å². The molecule has 4 aromatic carbocycles. The van der Waals surface area contributed by atoms with Crippen LogP contribution in [0.2, 0.25) is 0 Å². The molecule has 0 bridgehead atoms. The van der Waals surface area contributed by atoms with E-state index in [1.54, 1.807) is 30.3 Å². The first-order chi connectivity index (χ1) is 17.5. The Kier molecular flexibility index (Phi) is 6.59. The molecule has 1 amide bonds. The maximum absolute atomic E-state index is 13.0. The lowest BCUT2D eigenvalue weighted by atomic mass is 10.0. The number of carbonyl (C=O) groups is 1. The third-order valence-corrected chi connectivity index (χ3v) is 7.49. The molecule has 180 valence electrons. The molecule has 5 aromatic rings. The molecule has 5 rings (SSSR count). The van der Waals surface area contributed by atoms with Gasteiger partial charge in [0.05, 0.1) is 21.9 Å². The van der Waals surface area contributed by atoms with Gasteiger partial charge >= 0.3 is 0 Å². The Balaban J connectivity index is 1.46. The zero-order chi connectivity index (χ0) is 25.1. The highest BCUT2D eigenvalue weighted by Gasteiger charge is 2.22. The van der Waals surface area contributed by atoms with Gasteiger partial charge in [-0.05, 0) is 41.0 Å². The number of amides is 1. The quantitative estimate of drug-likeness (QED) is 0.286. The molecule has 0 radical (unpaired) electrons. The number of carbonyl (C=O) groups excluding carboxylic acids is 1. The van der Waals surface area contributed by atoms with Crippen molar-refractivity contribution in [2.24, 2.45) is 0 Å². The molecule has 0 saturated heterocycles. The van der Waals surface area contributed by atoms with Crippen LogP contribution in [0.3, 0.4) is 0 Å². The molecule has 0 spiro atoms. The minimum Gasteiger partial charge on any atom is -0.322 e. The molecule has 1 N–H and O–H groups in total. The molecule has 36 heavy (non-hydrogen) atoms. The number of rotatable bonds is 7. The summed E-state index contributed by atoms with van der Waals surface area (Å²) >= 11 is 6.21. The fraction of sp³-hybridized carbons (Fsp3) is 0.0714. The highest BCUT2D eigenvalue weighted by molar-refractivity contribution is 7.90. The topological polar surface area (TPSA) is 81.1 Å². The minimum absolute atomic E-state index is 0.0106. The summed E-state index contributed by atoms with van der Waals surface area (Å²) in [6, 6.07) is 31.2. The number of sulfonamides is 1. The Morgan fingerprint density at radius 2 is 1.44 bits per heavy atom. The van der Waals surface area contributed by atoms with Crippen LogP contribution in [0.4, 0.5) is 0 Å². The van der Waals surface area contributed by atoms with Crippen LogP contribution in [-0.4, -0.2) is 23.9 Å². The number of alkyl halides is 1. The molecular formula is C28H22ClN3O3S. The second-order valence-corrected chi connectivity index (χ2v) is 10.2. The van der Waals surface area contributed by atoms with Crippen molar-refractivity contribution in [2.75, 3.05) is 0 Å². The van der Waals surface area contributed by atoms with E-state index in [1.807, 2.05) is 28.8 Å². The third kappa shape index (κ3) is 4.76. The number of hydrogen-bond acceptors (Lipinski definition) is 4. The molecule has 8 heteroatoms. The SMILES string of the molecule is O=C(NS(=O)(=O)c1ccccc1)c1cccc2c1nc(CCl)n2Cc1ccc(-c2ccccc2)cc1. The summed E-state index contributed by atoms with van der Waals surface area (Å²) in [7, 11) is -4.02. The second kappa shape index (κ2) is 9.97. The summed E-state index contributed by atoms with van der Waals surface area (Å²) < 4.78 is 29.4. The van der Waals surface area contributed by atoms with Crippen molar-refractivity contribution >= 4 is 38.6 Å². The van der Waals surface area contributed by atoms with Gasteiger partial charge in [0, 0.05) is 6.54 Å². The minimum atomic E-state index is -4.02. The predicted octanol–water partition coefficient (Wildman–Crippen LogP) is 5.61. The van der Waals surface area contributed by atoms with E-state index in [2.05, 4.69) is 46.1 Å². The lowest BCUT2D eigenvalue weighted by Crippen LogP contribution is -2.30. The van der Waals surface area contributed by atoms with Crippen LogP contribution in [0, 0.1) is 0 Å². The molecule has 1 aromatic heterocycles. The van der Waals surface area contributed by atoms with Crippen LogP contribution in [0.5, 0.6) is 0 Å². The fourth-order valence-electron chi connectivity index (χ4n) is 4.11. The van der Waals surface area contributed by atoms with Crippen molar-refractivity contribution in [2.45, 2.75) is 17.3 Å². The Morgan fingerprint density at radius 3 is 2.11 bits per heavy atom. The van der Waals surface area contributed by atoms with Crippen molar-refractivity contribution in [3.63, 3.8) is 0 Å². The van der Waals surface area contributed by atoms with E-state index in [0.717, 1.165) is 16.7 Å². The molecule has 0 fully saturated rings. The highest BCUT2D eigenvalue weighted by atomic mass is 35.5. The van der Waals surface area contributed by atoms with Gasteiger partial charge in [-0.15, -0.1) is 11.6 Å². The summed E-state index contributed by atoms with van der Waals surface area (Å²) in [5, 5.41) is 0. The molecule has 0 unspecified atom stereocenters. The van der Waals surface area contributed by atoms with Gasteiger partial charge in [-0.3, -0.25) is 4.79 Å². The molecule has 0 atom stereocenters. The van der Waals surface area contributed by atoms with Gasteiger partial charge in [0.1, 0.15) is 11.3 Å². The van der Waals surface area contributed by atoms with Gasteiger partial charge in [0.15, 0.2) is 0 Å². The second-order valence-electron chi connectivity index (χ2n) is 8.23. The van der Waals surface area contributed by atoms with Crippen LogP contribution < -0.4 is 4.72 Å². The monoisotopic (exact) mass is 515 g/mol. The fourth-order valence-corrected chi connectivity index (χ4v) is 5.30.